The van der Waals surface area contributed by atoms with Gasteiger partial charge in [-0.05, 0) is 36.6 Å². The highest BCUT2D eigenvalue weighted by molar-refractivity contribution is 14.0. The van der Waals surface area contributed by atoms with Crippen LogP contribution in [0.25, 0.3) is 0 Å². The Morgan fingerprint density at radius 2 is 1.76 bits per heavy atom. The largest absolute Gasteiger partial charge is 0.379 e. The van der Waals surface area contributed by atoms with E-state index in [4.69, 9.17) is 9.73 Å². The lowest BCUT2D eigenvalue weighted by Crippen LogP contribution is -2.46. The number of aliphatic imine (C=N–C) groups is 1. The van der Waals surface area contributed by atoms with Crippen molar-refractivity contribution in [1.82, 2.24) is 15.5 Å². The van der Waals surface area contributed by atoms with Gasteiger partial charge in [-0.15, -0.1) is 24.0 Å². The Bertz CT molecular complexity index is 917. The highest BCUT2D eigenvalue weighted by Gasteiger charge is 2.23. The maximum atomic E-state index is 12.0. The number of nitrogens with one attached hydrogen (secondary N) is 2. The summed E-state index contributed by atoms with van der Waals surface area (Å²) in [7, 11) is 0. The fourth-order valence-corrected chi connectivity index (χ4v) is 4.43. The number of hydrogen-bond donors (Lipinski definition) is 2. The quantitative estimate of drug-likeness (QED) is 0.286. The fraction of sp³-hybridized carbons (Fsp3) is 0.462. The number of amides is 1. The van der Waals surface area contributed by atoms with E-state index < -0.39 is 0 Å². The second kappa shape index (κ2) is 13.7. The number of hydrogen-bond acceptors (Lipinski definition) is 4. The molecule has 2 aliphatic rings. The fourth-order valence-electron chi connectivity index (χ4n) is 4.43. The van der Waals surface area contributed by atoms with Crippen molar-refractivity contribution in [3.63, 3.8) is 0 Å². The van der Waals surface area contributed by atoms with Crippen LogP contribution in [0.4, 0.5) is 5.69 Å². The van der Waals surface area contributed by atoms with E-state index >= 15 is 0 Å². The molecule has 2 aromatic carbocycles. The number of nitrogens with zero attached hydrogens (tertiary/aromatic N) is 3. The van der Waals surface area contributed by atoms with E-state index in [1.165, 1.54) is 5.56 Å². The Morgan fingerprint density at radius 3 is 2.41 bits per heavy atom. The van der Waals surface area contributed by atoms with E-state index in [2.05, 4.69) is 64.9 Å². The molecule has 2 fully saturated rings. The molecular weight excluding hydrogens is 541 g/mol. The lowest BCUT2D eigenvalue weighted by atomic mass is 10.0. The van der Waals surface area contributed by atoms with Crippen molar-refractivity contribution in [2.45, 2.75) is 32.4 Å². The molecule has 4 rings (SSSR count). The molecular formula is C26H36IN5O2. The van der Waals surface area contributed by atoms with Crippen molar-refractivity contribution in [1.29, 1.82) is 0 Å². The van der Waals surface area contributed by atoms with Gasteiger partial charge in [-0.3, -0.25) is 9.69 Å². The minimum atomic E-state index is 0. The molecule has 0 aliphatic carbocycles. The van der Waals surface area contributed by atoms with Gasteiger partial charge in [0.2, 0.25) is 5.91 Å². The monoisotopic (exact) mass is 577 g/mol. The number of morpholine rings is 1. The normalized spacial score (nSPS) is 17.9. The van der Waals surface area contributed by atoms with E-state index in [0.717, 1.165) is 69.6 Å². The molecule has 0 radical (unpaired) electrons. The van der Waals surface area contributed by atoms with Crippen LogP contribution >= 0.6 is 24.0 Å². The van der Waals surface area contributed by atoms with E-state index in [-0.39, 0.29) is 35.9 Å². The van der Waals surface area contributed by atoms with Gasteiger partial charge in [-0.25, -0.2) is 4.99 Å². The number of guanidine groups is 1. The number of halogens is 1. The average Bonchev–Trinajstić information content (AvgIpc) is 3.30. The van der Waals surface area contributed by atoms with Gasteiger partial charge in [-0.1, -0.05) is 42.5 Å². The Labute approximate surface area is 220 Å². The van der Waals surface area contributed by atoms with E-state index in [9.17, 15) is 4.79 Å². The van der Waals surface area contributed by atoms with Gasteiger partial charge in [0.15, 0.2) is 5.96 Å². The van der Waals surface area contributed by atoms with Crippen molar-refractivity contribution < 1.29 is 9.53 Å². The summed E-state index contributed by atoms with van der Waals surface area (Å²) >= 11 is 0. The third-order valence-corrected chi connectivity index (χ3v) is 6.22. The SMILES string of the molecule is CCNC(=NCc1ccc(N2CCCC2=O)cc1)NCC(c1ccccc1)N1CCOCC1.I. The second-order valence-electron chi connectivity index (χ2n) is 8.47. The molecule has 0 bridgehead atoms. The lowest BCUT2D eigenvalue weighted by Gasteiger charge is -2.35. The molecule has 8 heteroatoms. The molecule has 1 atom stereocenters. The first-order chi connectivity index (χ1) is 16.2. The summed E-state index contributed by atoms with van der Waals surface area (Å²) in [4.78, 5) is 21.1. The highest BCUT2D eigenvalue weighted by atomic mass is 127. The number of benzene rings is 2. The van der Waals surface area contributed by atoms with Crippen LogP contribution < -0.4 is 15.5 Å². The topological polar surface area (TPSA) is 69.2 Å². The molecule has 2 aromatic rings. The van der Waals surface area contributed by atoms with Crippen LogP contribution in [0.5, 0.6) is 0 Å². The zero-order chi connectivity index (χ0) is 22.9. The molecule has 7 nitrogen and oxygen atoms in total. The second-order valence-corrected chi connectivity index (χ2v) is 8.47. The summed E-state index contributed by atoms with van der Waals surface area (Å²) < 4.78 is 5.56. The Hall–Kier alpha value is -2.17. The standard InChI is InChI=1S/C26H35N5O2.HI/c1-2-27-26(28-19-21-10-12-23(13-11-21)31-14-6-9-25(31)32)29-20-24(22-7-4-3-5-8-22)30-15-17-33-18-16-30;/h3-5,7-8,10-13,24H,2,6,9,14-20H2,1H3,(H2,27,28,29);1H. The van der Waals surface area contributed by atoms with Crippen LogP contribution in [0, 0.1) is 0 Å². The van der Waals surface area contributed by atoms with Crippen LogP contribution in [-0.2, 0) is 16.1 Å². The van der Waals surface area contributed by atoms with Gasteiger partial charge < -0.3 is 20.3 Å². The van der Waals surface area contributed by atoms with Crippen LogP contribution in [-0.4, -0.2) is 62.7 Å². The predicted molar refractivity (Wildman–Crippen MR) is 148 cm³/mol. The lowest BCUT2D eigenvalue weighted by molar-refractivity contribution is -0.117. The summed E-state index contributed by atoms with van der Waals surface area (Å²) in [6.45, 7) is 8.46. The molecule has 2 N–H and O–H groups in total. The molecule has 34 heavy (non-hydrogen) atoms. The number of rotatable bonds is 8. The Morgan fingerprint density at radius 1 is 1.03 bits per heavy atom. The van der Waals surface area contributed by atoms with E-state index in [0.29, 0.717) is 13.0 Å². The molecule has 1 unspecified atom stereocenters. The van der Waals surface area contributed by atoms with Crippen molar-refractivity contribution in [3.05, 3.63) is 65.7 Å². The van der Waals surface area contributed by atoms with Crippen molar-refractivity contribution >= 4 is 41.5 Å². The molecule has 0 spiro atoms. The summed E-state index contributed by atoms with van der Waals surface area (Å²) in [6.07, 6.45) is 1.59. The Kier molecular flexibility index (Phi) is 10.6. The summed E-state index contributed by atoms with van der Waals surface area (Å²) in [6, 6.07) is 19.1. The van der Waals surface area contributed by atoms with Crippen LogP contribution in [0.2, 0.25) is 0 Å². The van der Waals surface area contributed by atoms with Crippen molar-refractivity contribution in [2.24, 2.45) is 4.99 Å². The van der Waals surface area contributed by atoms with E-state index in [1.807, 2.05) is 17.0 Å². The summed E-state index contributed by atoms with van der Waals surface area (Å²) in [5.74, 6) is 1.03. The maximum absolute atomic E-state index is 12.0. The maximum Gasteiger partial charge on any atom is 0.227 e. The van der Waals surface area contributed by atoms with Gasteiger partial charge in [0.1, 0.15) is 0 Å². The zero-order valence-corrected chi connectivity index (χ0v) is 22.2. The summed E-state index contributed by atoms with van der Waals surface area (Å²) in [5, 5.41) is 6.92. The average molecular weight is 578 g/mol. The first kappa shape index (κ1) is 26.4. The van der Waals surface area contributed by atoms with Gasteiger partial charge >= 0.3 is 0 Å². The molecule has 0 saturated carbocycles. The van der Waals surface area contributed by atoms with Gasteiger partial charge in [0.25, 0.3) is 0 Å². The zero-order valence-electron chi connectivity index (χ0n) is 19.9. The predicted octanol–water partition coefficient (Wildman–Crippen LogP) is 3.56. The van der Waals surface area contributed by atoms with Gasteiger partial charge in [0, 0.05) is 44.8 Å². The first-order valence-corrected chi connectivity index (χ1v) is 12.0. The van der Waals surface area contributed by atoms with Crippen LogP contribution in [0.15, 0.2) is 59.6 Å². The minimum absolute atomic E-state index is 0. The molecule has 1 amide bonds. The Balaban J connectivity index is 0.00000324. The number of ether oxygens (including phenoxy) is 1. The number of carbonyl (C=O) groups is 1. The molecule has 2 aliphatic heterocycles. The number of anilines is 1. The summed E-state index contributed by atoms with van der Waals surface area (Å²) in [5.41, 5.74) is 3.40. The molecule has 184 valence electrons. The third-order valence-electron chi connectivity index (χ3n) is 6.22. The molecule has 2 saturated heterocycles. The number of carbonyl (C=O) groups excluding carboxylic acids is 1. The first-order valence-electron chi connectivity index (χ1n) is 12.0. The van der Waals surface area contributed by atoms with Crippen LogP contribution in [0.3, 0.4) is 0 Å². The van der Waals surface area contributed by atoms with Crippen molar-refractivity contribution in [2.75, 3.05) is 50.8 Å². The molecule has 0 aromatic heterocycles. The van der Waals surface area contributed by atoms with Crippen molar-refractivity contribution in [3.8, 4) is 0 Å². The third kappa shape index (κ3) is 7.16. The molecule has 2 heterocycles. The van der Waals surface area contributed by atoms with Gasteiger partial charge in [-0.2, -0.15) is 0 Å². The van der Waals surface area contributed by atoms with E-state index in [1.54, 1.807) is 0 Å². The highest BCUT2D eigenvalue weighted by Crippen LogP contribution is 2.22. The minimum Gasteiger partial charge on any atom is -0.379 e. The van der Waals surface area contributed by atoms with Gasteiger partial charge in [0.05, 0.1) is 25.8 Å². The smallest absolute Gasteiger partial charge is 0.227 e. The van der Waals surface area contributed by atoms with Crippen LogP contribution in [0.1, 0.15) is 36.9 Å².